The number of carbonyl (C=O) groups is 1. The van der Waals surface area contributed by atoms with Crippen LogP contribution in [0.15, 0.2) is 48.4 Å². The van der Waals surface area contributed by atoms with Crippen molar-refractivity contribution < 1.29 is 9.53 Å². The Labute approximate surface area is 150 Å². The quantitative estimate of drug-likeness (QED) is 0.824. The van der Waals surface area contributed by atoms with Gasteiger partial charge in [-0.15, -0.1) is 11.7 Å². The molecule has 0 radical (unpaired) electrons. The number of anilines is 1. The van der Waals surface area contributed by atoms with Crippen molar-refractivity contribution in [3.8, 4) is 11.9 Å². The molecule has 1 spiro atoms. The Balaban J connectivity index is 2.15. The van der Waals surface area contributed by atoms with Crippen molar-refractivity contribution in [1.29, 1.82) is 5.26 Å². The van der Waals surface area contributed by atoms with Crippen molar-refractivity contribution in [1.82, 2.24) is 10.2 Å². The van der Waals surface area contributed by atoms with E-state index in [0.29, 0.717) is 24.1 Å². The molecule has 7 nitrogen and oxygen atoms in total. The highest BCUT2D eigenvalue weighted by molar-refractivity contribution is 6.14. The summed E-state index contributed by atoms with van der Waals surface area (Å²) in [5.74, 6) is -0.113. The molecule has 0 saturated carbocycles. The van der Waals surface area contributed by atoms with Gasteiger partial charge in [0.25, 0.3) is 0 Å². The molecule has 2 aliphatic rings. The summed E-state index contributed by atoms with van der Waals surface area (Å²) in [5.41, 5.74) is 7.51. The molecule has 0 aliphatic carbocycles. The summed E-state index contributed by atoms with van der Waals surface area (Å²) in [7, 11) is 0. The third-order valence-electron chi connectivity index (χ3n) is 4.95. The zero-order valence-electron chi connectivity index (χ0n) is 14.2. The minimum atomic E-state index is -1.36. The lowest BCUT2D eigenvalue weighted by atomic mass is 9.69. The summed E-state index contributed by atoms with van der Waals surface area (Å²) in [6, 6.07) is 9.53. The number of nitrogens with zero attached hydrogens (tertiary/aromatic N) is 3. The van der Waals surface area contributed by atoms with E-state index in [2.05, 4.69) is 22.8 Å². The van der Waals surface area contributed by atoms with Crippen LogP contribution in [0, 0.1) is 11.3 Å². The van der Waals surface area contributed by atoms with Gasteiger partial charge in [0.05, 0.1) is 5.56 Å². The predicted molar refractivity (Wildman–Crippen MR) is 95.2 cm³/mol. The second-order valence-electron chi connectivity index (χ2n) is 6.16. The number of aromatic nitrogens is 2. The molecule has 0 fully saturated rings. The van der Waals surface area contributed by atoms with Crippen LogP contribution >= 0.6 is 0 Å². The lowest BCUT2D eigenvalue weighted by Crippen LogP contribution is -2.46. The van der Waals surface area contributed by atoms with Gasteiger partial charge < -0.3 is 15.4 Å². The van der Waals surface area contributed by atoms with E-state index in [1.54, 1.807) is 11.0 Å². The number of nitrogens with one attached hydrogen (secondary N) is 1. The van der Waals surface area contributed by atoms with E-state index in [4.69, 9.17) is 10.5 Å². The minimum absolute atomic E-state index is 0.0881. The molecular formula is C19H17N5O2. The molecule has 3 heterocycles. The van der Waals surface area contributed by atoms with Crippen molar-refractivity contribution >= 4 is 11.6 Å². The van der Waals surface area contributed by atoms with E-state index >= 15 is 0 Å². The van der Waals surface area contributed by atoms with Crippen molar-refractivity contribution in [2.24, 2.45) is 5.73 Å². The Hall–Kier alpha value is -3.53. The third kappa shape index (κ3) is 1.70. The molecule has 26 heavy (non-hydrogen) atoms. The molecule has 1 unspecified atom stereocenters. The fourth-order valence-corrected chi connectivity index (χ4v) is 3.93. The van der Waals surface area contributed by atoms with Gasteiger partial charge in [0.15, 0.2) is 0 Å². The Morgan fingerprint density at radius 2 is 2.27 bits per heavy atom. The molecule has 1 aromatic carbocycles. The van der Waals surface area contributed by atoms with Crippen LogP contribution in [-0.2, 0) is 16.6 Å². The normalized spacial score (nSPS) is 20.6. The third-order valence-corrected chi connectivity index (χ3v) is 4.95. The van der Waals surface area contributed by atoms with E-state index in [0.717, 1.165) is 11.4 Å². The first-order valence-corrected chi connectivity index (χ1v) is 8.29. The molecule has 1 atom stereocenters. The zero-order chi connectivity index (χ0) is 18.5. The van der Waals surface area contributed by atoms with Crippen molar-refractivity contribution in [3.63, 3.8) is 0 Å². The number of ether oxygens (including phenoxy) is 1. The Bertz CT molecular complexity index is 1010. The van der Waals surface area contributed by atoms with E-state index in [-0.39, 0.29) is 23.2 Å². The maximum atomic E-state index is 13.7. The van der Waals surface area contributed by atoms with Gasteiger partial charge in [0, 0.05) is 23.5 Å². The van der Waals surface area contributed by atoms with Gasteiger partial charge >= 0.3 is 0 Å². The van der Waals surface area contributed by atoms with E-state index in [1.807, 2.05) is 31.2 Å². The van der Waals surface area contributed by atoms with Crippen LogP contribution in [0.1, 0.15) is 23.7 Å². The second kappa shape index (κ2) is 5.49. The van der Waals surface area contributed by atoms with Crippen molar-refractivity contribution in [2.45, 2.75) is 18.8 Å². The molecule has 1 amide bonds. The molecule has 2 aromatic rings. The Morgan fingerprint density at radius 3 is 2.96 bits per heavy atom. The topological polar surface area (TPSA) is 108 Å². The number of para-hydroxylation sites is 1. The minimum Gasteiger partial charge on any atom is -0.420 e. The summed E-state index contributed by atoms with van der Waals surface area (Å²) in [4.78, 5) is 15.3. The van der Waals surface area contributed by atoms with E-state index in [9.17, 15) is 10.1 Å². The first kappa shape index (κ1) is 16.0. The van der Waals surface area contributed by atoms with Crippen molar-refractivity contribution in [2.75, 3.05) is 11.4 Å². The highest BCUT2D eigenvalue weighted by Crippen LogP contribution is 2.55. The van der Waals surface area contributed by atoms with Crippen molar-refractivity contribution in [3.05, 3.63) is 65.2 Å². The molecule has 4 rings (SSSR count). The number of rotatable bonds is 3. The van der Waals surface area contributed by atoms with Gasteiger partial charge in [-0.05, 0) is 12.5 Å². The number of nitriles is 1. The van der Waals surface area contributed by atoms with Crippen LogP contribution in [-0.4, -0.2) is 22.6 Å². The molecule has 130 valence electrons. The van der Waals surface area contributed by atoms with Gasteiger partial charge in [0.1, 0.15) is 17.1 Å². The molecule has 0 bridgehead atoms. The SMILES string of the molecule is C=CCN1C(=O)C2(C(C#N)=C(N)Oc3n[nH]c(CC)c32)c2ccccc21. The summed E-state index contributed by atoms with van der Waals surface area (Å²) < 4.78 is 5.56. The molecule has 3 N–H and O–H groups in total. The number of aromatic amines is 1. The Morgan fingerprint density at radius 1 is 1.50 bits per heavy atom. The van der Waals surface area contributed by atoms with Crippen LogP contribution in [0.3, 0.4) is 0 Å². The lowest BCUT2D eigenvalue weighted by molar-refractivity contribution is -0.120. The van der Waals surface area contributed by atoms with Crippen LogP contribution in [0.4, 0.5) is 5.69 Å². The molecule has 2 aliphatic heterocycles. The largest absolute Gasteiger partial charge is 0.420 e. The lowest BCUT2D eigenvalue weighted by Gasteiger charge is -2.32. The van der Waals surface area contributed by atoms with E-state index < -0.39 is 5.41 Å². The van der Waals surface area contributed by atoms with Crippen LogP contribution in [0.2, 0.25) is 0 Å². The monoisotopic (exact) mass is 347 g/mol. The average molecular weight is 347 g/mol. The number of benzene rings is 1. The second-order valence-corrected chi connectivity index (χ2v) is 6.16. The maximum Gasteiger partial charge on any atom is 0.248 e. The number of H-pyrrole nitrogens is 1. The number of aryl methyl sites for hydroxylation is 1. The van der Waals surface area contributed by atoms with Gasteiger partial charge in [-0.3, -0.25) is 9.89 Å². The zero-order valence-corrected chi connectivity index (χ0v) is 14.2. The number of nitrogens with two attached hydrogens (primary N) is 1. The number of amides is 1. The van der Waals surface area contributed by atoms with Gasteiger partial charge in [0.2, 0.25) is 17.7 Å². The van der Waals surface area contributed by atoms with Gasteiger partial charge in [-0.25, -0.2) is 0 Å². The summed E-state index contributed by atoms with van der Waals surface area (Å²) in [6.07, 6.45) is 2.26. The van der Waals surface area contributed by atoms with E-state index in [1.165, 1.54) is 0 Å². The smallest absolute Gasteiger partial charge is 0.248 e. The number of hydrogen-bond acceptors (Lipinski definition) is 5. The standard InChI is InChI=1S/C19H17N5O2/c1-3-9-24-14-8-6-5-7-11(14)19(18(24)25)12(10-20)16(21)26-17-15(19)13(4-2)22-23-17/h3,5-8H,1,4,9,21H2,2H3,(H,22,23). The van der Waals surface area contributed by atoms with Crippen LogP contribution < -0.4 is 15.4 Å². The fourth-order valence-electron chi connectivity index (χ4n) is 3.93. The van der Waals surface area contributed by atoms with Gasteiger partial charge in [-0.2, -0.15) is 5.26 Å². The van der Waals surface area contributed by atoms with Crippen LogP contribution in [0.5, 0.6) is 5.88 Å². The average Bonchev–Trinajstić information content (AvgIpc) is 3.16. The maximum absolute atomic E-state index is 13.7. The fraction of sp³-hybridized carbons (Fsp3) is 0.211. The molecular weight excluding hydrogens is 330 g/mol. The number of carbonyl (C=O) groups excluding carboxylic acids is 1. The molecule has 0 saturated heterocycles. The number of hydrogen-bond donors (Lipinski definition) is 2. The van der Waals surface area contributed by atoms with Gasteiger partial charge in [-0.1, -0.05) is 31.2 Å². The Kier molecular flexibility index (Phi) is 3.37. The first-order chi connectivity index (χ1) is 12.6. The first-order valence-electron chi connectivity index (χ1n) is 8.29. The molecule has 7 heteroatoms. The highest BCUT2D eigenvalue weighted by Gasteiger charge is 2.60. The summed E-state index contributed by atoms with van der Waals surface area (Å²) in [6.45, 7) is 6.02. The highest BCUT2D eigenvalue weighted by atomic mass is 16.5. The summed E-state index contributed by atoms with van der Waals surface area (Å²) in [5, 5.41) is 17.0. The molecule has 1 aromatic heterocycles. The summed E-state index contributed by atoms with van der Waals surface area (Å²) >= 11 is 0. The predicted octanol–water partition coefficient (Wildman–Crippen LogP) is 1.88. The number of fused-ring (bicyclic) bond motifs is 4. The van der Waals surface area contributed by atoms with Crippen LogP contribution in [0.25, 0.3) is 0 Å².